The number of hydrogen-bond acceptors (Lipinski definition) is 4. The van der Waals surface area contributed by atoms with Crippen LogP contribution >= 0.6 is 12.6 Å². The molecule has 1 aliphatic rings. The van der Waals surface area contributed by atoms with Crippen LogP contribution in [0.2, 0.25) is 0 Å². The second kappa shape index (κ2) is 4.67. The van der Waals surface area contributed by atoms with E-state index in [-0.39, 0.29) is 5.75 Å². The highest BCUT2D eigenvalue weighted by molar-refractivity contribution is 7.91. The van der Waals surface area contributed by atoms with E-state index in [1.807, 2.05) is 12.1 Å². The third-order valence-electron chi connectivity index (χ3n) is 2.70. The van der Waals surface area contributed by atoms with Crippen LogP contribution in [0.1, 0.15) is 12.0 Å². The zero-order chi connectivity index (χ0) is 11.6. The molecule has 1 aliphatic heterocycles. The van der Waals surface area contributed by atoms with Crippen molar-refractivity contribution in [1.29, 1.82) is 0 Å². The summed E-state index contributed by atoms with van der Waals surface area (Å²) in [7, 11) is -3.02. The molecule has 0 saturated heterocycles. The average Bonchev–Trinajstić information content (AvgIpc) is 2.25. The number of rotatable bonds is 3. The van der Waals surface area contributed by atoms with Gasteiger partial charge in [-0.2, -0.15) is 12.6 Å². The third-order valence-corrected chi connectivity index (χ3v) is 4.81. The van der Waals surface area contributed by atoms with Crippen molar-refractivity contribution in [3.63, 3.8) is 0 Å². The zero-order valence-corrected chi connectivity index (χ0v) is 10.7. The number of anilines is 1. The van der Waals surface area contributed by atoms with Crippen molar-refractivity contribution in [2.75, 3.05) is 23.4 Å². The van der Waals surface area contributed by atoms with Crippen LogP contribution in [0.5, 0.6) is 0 Å². The summed E-state index contributed by atoms with van der Waals surface area (Å²) in [6.45, 7) is 0.786. The van der Waals surface area contributed by atoms with E-state index in [0.717, 1.165) is 36.4 Å². The smallest absolute Gasteiger partial charge is 0.178 e. The molecule has 1 aromatic rings. The largest absolute Gasteiger partial charge is 0.384 e. The van der Waals surface area contributed by atoms with Crippen molar-refractivity contribution < 1.29 is 8.42 Å². The van der Waals surface area contributed by atoms with Gasteiger partial charge in [0.15, 0.2) is 9.84 Å². The van der Waals surface area contributed by atoms with Crippen molar-refractivity contribution in [1.82, 2.24) is 0 Å². The molecule has 3 nitrogen and oxygen atoms in total. The van der Waals surface area contributed by atoms with Gasteiger partial charge in [0.2, 0.25) is 0 Å². The topological polar surface area (TPSA) is 46.2 Å². The van der Waals surface area contributed by atoms with Gasteiger partial charge in [0, 0.05) is 18.0 Å². The van der Waals surface area contributed by atoms with Crippen LogP contribution < -0.4 is 5.32 Å². The summed E-state index contributed by atoms with van der Waals surface area (Å²) >= 11 is 4.12. The number of benzene rings is 1. The van der Waals surface area contributed by atoms with Gasteiger partial charge in [0.05, 0.1) is 10.6 Å². The van der Waals surface area contributed by atoms with E-state index in [2.05, 4.69) is 17.9 Å². The van der Waals surface area contributed by atoms with E-state index in [9.17, 15) is 8.42 Å². The van der Waals surface area contributed by atoms with Crippen LogP contribution in [0.4, 0.5) is 5.69 Å². The fraction of sp³-hybridized carbons (Fsp3) is 0.455. The Balaban J connectivity index is 2.32. The number of sulfone groups is 1. The van der Waals surface area contributed by atoms with E-state index in [1.54, 1.807) is 6.07 Å². The molecule has 0 atom stereocenters. The molecule has 88 valence electrons. The first kappa shape index (κ1) is 11.8. The van der Waals surface area contributed by atoms with Crippen LogP contribution in [0.3, 0.4) is 0 Å². The number of nitrogens with one attached hydrogen (secondary N) is 1. The number of aryl methyl sites for hydroxylation is 1. The Morgan fingerprint density at radius 2 is 2.19 bits per heavy atom. The van der Waals surface area contributed by atoms with E-state index in [4.69, 9.17) is 0 Å². The predicted octanol–water partition coefficient (Wildman–Crippen LogP) is 1.75. The Labute approximate surface area is 102 Å². The molecule has 5 heteroatoms. The van der Waals surface area contributed by atoms with Gasteiger partial charge in [-0.15, -0.1) is 0 Å². The maximum atomic E-state index is 11.8. The van der Waals surface area contributed by atoms with Crippen molar-refractivity contribution in [2.45, 2.75) is 17.7 Å². The van der Waals surface area contributed by atoms with Gasteiger partial charge in [-0.1, -0.05) is 0 Å². The molecule has 1 N–H and O–H groups in total. The van der Waals surface area contributed by atoms with Crippen molar-refractivity contribution in [3.05, 3.63) is 23.8 Å². The van der Waals surface area contributed by atoms with Crippen LogP contribution in [0.15, 0.2) is 23.1 Å². The van der Waals surface area contributed by atoms with Gasteiger partial charge < -0.3 is 5.32 Å². The van der Waals surface area contributed by atoms with E-state index in [1.165, 1.54) is 0 Å². The normalized spacial score (nSPS) is 17.8. The van der Waals surface area contributed by atoms with Gasteiger partial charge in [-0.25, -0.2) is 8.42 Å². The lowest BCUT2D eigenvalue weighted by Gasteiger charge is -2.17. The first-order chi connectivity index (χ1) is 7.63. The molecule has 0 saturated carbocycles. The molecule has 1 aromatic carbocycles. The minimum atomic E-state index is -3.02. The Bertz CT molecular complexity index is 483. The highest BCUT2D eigenvalue weighted by Gasteiger charge is 2.23. The summed E-state index contributed by atoms with van der Waals surface area (Å²) in [6, 6.07) is 5.48. The first-order valence-electron chi connectivity index (χ1n) is 5.34. The van der Waals surface area contributed by atoms with Gasteiger partial charge in [0.25, 0.3) is 0 Å². The quantitative estimate of drug-likeness (QED) is 0.811. The highest BCUT2D eigenvalue weighted by Crippen LogP contribution is 2.27. The Morgan fingerprint density at radius 3 is 2.94 bits per heavy atom. The lowest BCUT2D eigenvalue weighted by molar-refractivity contribution is 0.586. The standard InChI is InChI=1S/C11H15NO2S2/c13-16(14)7-1-2-9-8-10(12-5-6-15)3-4-11(9)16/h3-4,8,12,15H,1-2,5-7H2. The molecule has 1 heterocycles. The summed E-state index contributed by atoms with van der Waals surface area (Å²) in [4.78, 5) is 0.509. The zero-order valence-electron chi connectivity index (χ0n) is 8.94. The van der Waals surface area contributed by atoms with Gasteiger partial charge >= 0.3 is 0 Å². The molecule has 2 rings (SSSR count). The van der Waals surface area contributed by atoms with E-state index < -0.39 is 9.84 Å². The van der Waals surface area contributed by atoms with Gasteiger partial charge in [-0.3, -0.25) is 0 Å². The molecule has 0 radical (unpaired) electrons. The molecule has 0 amide bonds. The van der Waals surface area contributed by atoms with Crippen molar-refractivity contribution >= 4 is 28.2 Å². The summed E-state index contributed by atoms with van der Waals surface area (Å²) in [5.74, 6) is 1.04. The van der Waals surface area contributed by atoms with Crippen LogP contribution in [0, 0.1) is 0 Å². The molecule has 0 fully saturated rings. The second-order valence-electron chi connectivity index (χ2n) is 3.90. The third kappa shape index (κ3) is 2.35. The second-order valence-corrected chi connectivity index (χ2v) is 6.42. The molecule has 0 spiro atoms. The fourth-order valence-corrected chi connectivity index (χ4v) is 3.64. The van der Waals surface area contributed by atoms with Crippen LogP contribution in [0.25, 0.3) is 0 Å². The molecule has 16 heavy (non-hydrogen) atoms. The summed E-state index contributed by atoms with van der Waals surface area (Å²) < 4.78 is 23.5. The lowest BCUT2D eigenvalue weighted by Crippen LogP contribution is -2.16. The SMILES string of the molecule is O=S1(=O)CCCc2cc(NCCS)ccc21. The molecule has 0 bridgehead atoms. The average molecular weight is 257 g/mol. The fourth-order valence-electron chi connectivity index (χ4n) is 1.95. The number of fused-ring (bicyclic) bond motifs is 1. The lowest BCUT2D eigenvalue weighted by atomic mass is 10.1. The number of hydrogen-bond donors (Lipinski definition) is 2. The summed E-state index contributed by atoms with van der Waals surface area (Å²) in [6.07, 6.45) is 1.58. The summed E-state index contributed by atoms with van der Waals surface area (Å²) in [5.41, 5.74) is 1.92. The maximum absolute atomic E-state index is 11.8. The predicted molar refractivity (Wildman–Crippen MR) is 69.2 cm³/mol. The highest BCUT2D eigenvalue weighted by atomic mass is 32.2. The molecule has 0 unspecified atom stereocenters. The van der Waals surface area contributed by atoms with Gasteiger partial charge in [-0.05, 0) is 36.6 Å². The van der Waals surface area contributed by atoms with Crippen molar-refractivity contribution in [2.24, 2.45) is 0 Å². The van der Waals surface area contributed by atoms with Crippen LogP contribution in [-0.4, -0.2) is 26.5 Å². The number of thiol groups is 1. The molecular weight excluding hydrogens is 242 g/mol. The van der Waals surface area contributed by atoms with Crippen LogP contribution in [-0.2, 0) is 16.3 Å². The Morgan fingerprint density at radius 1 is 1.38 bits per heavy atom. The van der Waals surface area contributed by atoms with Crippen molar-refractivity contribution in [3.8, 4) is 0 Å². The minimum Gasteiger partial charge on any atom is -0.384 e. The maximum Gasteiger partial charge on any atom is 0.178 e. The summed E-state index contributed by atoms with van der Waals surface area (Å²) in [5, 5.41) is 3.20. The first-order valence-corrected chi connectivity index (χ1v) is 7.62. The van der Waals surface area contributed by atoms with E-state index in [0.29, 0.717) is 4.90 Å². The monoisotopic (exact) mass is 257 g/mol. The van der Waals surface area contributed by atoms with Gasteiger partial charge in [0.1, 0.15) is 0 Å². The molecular formula is C11H15NO2S2. The van der Waals surface area contributed by atoms with E-state index >= 15 is 0 Å². The molecule has 0 aliphatic carbocycles. The Kier molecular flexibility index (Phi) is 3.44. The molecule has 0 aromatic heterocycles. The Hall–Kier alpha value is -0.680. The minimum absolute atomic E-state index is 0.281.